The number of nitrogens with one attached hydrogen (secondary N) is 1. The third kappa shape index (κ3) is 2.45. The molecule has 0 aliphatic rings. The minimum absolute atomic E-state index is 0.0462. The minimum Gasteiger partial charge on any atom is -0.507 e. The lowest BCUT2D eigenvalue weighted by molar-refractivity contribution is 0.0944. The molecule has 100 valence electrons. The summed E-state index contributed by atoms with van der Waals surface area (Å²) in [5, 5.41) is 13.0. The van der Waals surface area contributed by atoms with E-state index in [4.69, 9.17) is 4.42 Å². The molecule has 0 aliphatic carbocycles. The van der Waals surface area contributed by atoms with Crippen LogP contribution in [0, 0.1) is 6.92 Å². The van der Waals surface area contributed by atoms with Crippen molar-refractivity contribution in [3.8, 4) is 5.75 Å². The maximum atomic E-state index is 12.1. The smallest absolute Gasteiger partial charge is 0.337 e. The van der Waals surface area contributed by atoms with E-state index in [2.05, 4.69) is 5.32 Å². The van der Waals surface area contributed by atoms with Crippen molar-refractivity contribution in [1.29, 1.82) is 0 Å². The maximum Gasteiger partial charge on any atom is 0.337 e. The summed E-state index contributed by atoms with van der Waals surface area (Å²) in [6.07, 6.45) is 0. The first-order valence-electron chi connectivity index (χ1n) is 5.97. The van der Waals surface area contributed by atoms with Crippen LogP contribution in [0.15, 0.2) is 27.4 Å². The second-order valence-corrected chi connectivity index (χ2v) is 4.71. The van der Waals surface area contributed by atoms with Crippen LogP contribution >= 0.6 is 0 Å². The van der Waals surface area contributed by atoms with Crippen LogP contribution in [0.5, 0.6) is 5.75 Å². The quantitative estimate of drug-likeness (QED) is 0.810. The number of rotatable bonds is 2. The fourth-order valence-corrected chi connectivity index (χ4v) is 1.87. The number of aryl methyl sites for hydroxylation is 1. The van der Waals surface area contributed by atoms with Gasteiger partial charge in [0.1, 0.15) is 11.3 Å². The molecule has 0 aliphatic heterocycles. The number of amides is 1. The lowest BCUT2D eigenvalue weighted by atomic mass is 10.1. The fraction of sp³-hybridized carbons (Fsp3) is 0.286. The maximum absolute atomic E-state index is 12.1. The van der Waals surface area contributed by atoms with Crippen molar-refractivity contribution in [1.82, 2.24) is 5.32 Å². The number of carbonyl (C=O) groups is 1. The number of phenolic OH excluding ortho intramolecular Hbond substituents is 1. The normalized spacial score (nSPS) is 10.9. The molecule has 0 fully saturated rings. The highest BCUT2D eigenvalue weighted by Gasteiger charge is 2.17. The molecule has 1 amide bonds. The third-order valence-corrected chi connectivity index (χ3v) is 2.75. The summed E-state index contributed by atoms with van der Waals surface area (Å²) in [7, 11) is 0. The molecule has 1 aromatic heterocycles. The van der Waals surface area contributed by atoms with Crippen LogP contribution in [0.2, 0.25) is 0 Å². The van der Waals surface area contributed by atoms with Gasteiger partial charge in [-0.2, -0.15) is 0 Å². The number of aromatic hydroxyl groups is 1. The van der Waals surface area contributed by atoms with Gasteiger partial charge in [-0.05, 0) is 32.4 Å². The molecule has 1 aromatic carbocycles. The topological polar surface area (TPSA) is 79.5 Å². The molecule has 0 saturated carbocycles. The molecule has 0 atom stereocenters. The zero-order valence-corrected chi connectivity index (χ0v) is 11.0. The summed E-state index contributed by atoms with van der Waals surface area (Å²) in [4.78, 5) is 23.5. The zero-order valence-electron chi connectivity index (χ0n) is 11.0. The van der Waals surface area contributed by atoms with Gasteiger partial charge in [0, 0.05) is 12.1 Å². The Morgan fingerprint density at radius 1 is 1.37 bits per heavy atom. The van der Waals surface area contributed by atoms with E-state index in [1.807, 2.05) is 13.8 Å². The highest BCUT2D eigenvalue weighted by atomic mass is 16.4. The van der Waals surface area contributed by atoms with Crippen LogP contribution in [0.1, 0.15) is 29.8 Å². The second-order valence-electron chi connectivity index (χ2n) is 4.71. The van der Waals surface area contributed by atoms with Crippen molar-refractivity contribution < 1.29 is 14.3 Å². The summed E-state index contributed by atoms with van der Waals surface area (Å²) in [5.41, 5.74) is 0.315. The van der Waals surface area contributed by atoms with Gasteiger partial charge in [-0.1, -0.05) is 6.07 Å². The van der Waals surface area contributed by atoms with Gasteiger partial charge in [0.2, 0.25) is 0 Å². The van der Waals surface area contributed by atoms with Crippen LogP contribution in [0.4, 0.5) is 0 Å². The van der Waals surface area contributed by atoms with E-state index in [9.17, 15) is 14.7 Å². The molecule has 0 unspecified atom stereocenters. The summed E-state index contributed by atoms with van der Waals surface area (Å²) in [5.74, 6) is -0.455. The molecule has 2 N–H and O–H groups in total. The Morgan fingerprint density at radius 3 is 2.68 bits per heavy atom. The van der Waals surface area contributed by atoms with Gasteiger partial charge >= 0.3 is 5.63 Å². The first-order valence-corrected chi connectivity index (χ1v) is 5.97. The number of carbonyl (C=O) groups excluding carboxylic acids is 1. The van der Waals surface area contributed by atoms with Crippen molar-refractivity contribution >= 4 is 16.9 Å². The molecule has 0 radical (unpaired) electrons. The predicted octanol–water partition coefficient (Wildman–Crippen LogP) is 1.95. The van der Waals surface area contributed by atoms with E-state index in [0.29, 0.717) is 5.56 Å². The van der Waals surface area contributed by atoms with Crippen LogP contribution in [0.3, 0.4) is 0 Å². The molecule has 0 saturated heterocycles. The fourth-order valence-electron chi connectivity index (χ4n) is 1.87. The lowest BCUT2D eigenvalue weighted by Crippen LogP contribution is -2.30. The van der Waals surface area contributed by atoms with E-state index >= 15 is 0 Å². The van der Waals surface area contributed by atoms with Crippen LogP contribution < -0.4 is 10.9 Å². The zero-order chi connectivity index (χ0) is 14.2. The number of hydrogen-bond donors (Lipinski definition) is 2. The summed E-state index contributed by atoms with van der Waals surface area (Å²) >= 11 is 0. The summed E-state index contributed by atoms with van der Waals surface area (Å²) in [6.45, 7) is 5.34. The first-order chi connectivity index (χ1) is 8.90. The SMILES string of the molecule is Cc1ccc2oc(=O)cc(C(=O)NC(C)C)c2c1O. The Hall–Kier alpha value is -2.30. The van der Waals surface area contributed by atoms with E-state index < -0.39 is 11.5 Å². The molecule has 0 bridgehead atoms. The van der Waals surface area contributed by atoms with E-state index in [1.165, 1.54) is 0 Å². The van der Waals surface area contributed by atoms with Gasteiger partial charge in [-0.15, -0.1) is 0 Å². The van der Waals surface area contributed by atoms with Crippen LogP contribution in [-0.4, -0.2) is 17.1 Å². The van der Waals surface area contributed by atoms with E-state index in [0.717, 1.165) is 6.07 Å². The average molecular weight is 261 g/mol. The predicted molar refractivity (Wildman–Crippen MR) is 71.5 cm³/mol. The Morgan fingerprint density at radius 2 is 2.05 bits per heavy atom. The van der Waals surface area contributed by atoms with Crippen LogP contribution in [0.25, 0.3) is 11.0 Å². The van der Waals surface area contributed by atoms with Gasteiger partial charge in [0.05, 0.1) is 10.9 Å². The highest BCUT2D eigenvalue weighted by molar-refractivity contribution is 6.08. The average Bonchev–Trinajstić information content (AvgIpc) is 2.32. The summed E-state index contributed by atoms with van der Waals surface area (Å²) in [6, 6.07) is 4.23. The molecule has 1 heterocycles. The molecule has 5 nitrogen and oxygen atoms in total. The number of hydrogen-bond acceptors (Lipinski definition) is 4. The van der Waals surface area contributed by atoms with Gasteiger partial charge < -0.3 is 14.8 Å². The van der Waals surface area contributed by atoms with Gasteiger partial charge in [0.15, 0.2) is 0 Å². The van der Waals surface area contributed by atoms with Crippen molar-refractivity contribution in [3.05, 3.63) is 39.7 Å². The van der Waals surface area contributed by atoms with Crippen molar-refractivity contribution in [3.63, 3.8) is 0 Å². The first kappa shape index (κ1) is 13.1. The number of phenols is 1. The Kier molecular flexibility index (Phi) is 3.29. The Balaban J connectivity index is 2.75. The second kappa shape index (κ2) is 4.76. The standard InChI is InChI=1S/C14H15NO4/c1-7(2)15-14(18)9-6-11(16)19-10-5-4-8(3)13(17)12(9)10/h4-7,17H,1-3H3,(H,15,18). The molecule has 2 aromatic rings. The van der Waals surface area contributed by atoms with Crippen molar-refractivity contribution in [2.75, 3.05) is 0 Å². The largest absolute Gasteiger partial charge is 0.507 e. The van der Waals surface area contributed by atoms with Gasteiger partial charge in [-0.25, -0.2) is 4.79 Å². The van der Waals surface area contributed by atoms with Crippen LogP contribution in [-0.2, 0) is 0 Å². The summed E-state index contributed by atoms with van der Waals surface area (Å²) < 4.78 is 5.00. The van der Waals surface area contributed by atoms with E-state index in [1.54, 1.807) is 19.1 Å². The molecule has 0 spiro atoms. The molecular weight excluding hydrogens is 246 g/mol. The molecule has 19 heavy (non-hydrogen) atoms. The van der Waals surface area contributed by atoms with Crippen molar-refractivity contribution in [2.24, 2.45) is 0 Å². The Bertz CT molecular complexity index is 700. The van der Waals surface area contributed by atoms with Gasteiger partial charge in [0.25, 0.3) is 5.91 Å². The lowest BCUT2D eigenvalue weighted by Gasteiger charge is -2.11. The molecule has 2 rings (SSSR count). The third-order valence-electron chi connectivity index (χ3n) is 2.75. The highest BCUT2D eigenvalue weighted by Crippen LogP contribution is 2.30. The van der Waals surface area contributed by atoms with Gasteiger partial charge in [-0.3, -0.25) is 4.79 Å². The molecule has 5 heteroatoms. The number of benzene rings is 1. The van der Waals surface area contributed by atoms with Crippen molar-refractivity contribution in [2.45, 2.75) is 26.8 Å². The monoisotopic (exact) mass is 261 g/mol. The minimum atomic E-state index is -0.621. The van der Waals surface area contributed by atoms with E-state index in [-0.39, 0.29) is 28.3 Å². The Labute approximate surface area is 109 Å². The number of fused-ring (bicyclic) bond motifs is 1. The molecular formula is C14H15NO4.